The number of carbonyl (C=O) groups is 1. The Balaban J connectivity index is 0.00000210. The minimum absolute atomic E-state index is 0. The lowest BCUT2D eigenvalue weighted by molar-refractivity contribution is 0.0685. The maximum atomic E-state index is 14.0. The summed E-state index contributed by atoms with van der Waals surface area (Å²) in [5.74, 6) is -0.296. The van der Waals surface area contributed by atoms with E-state index in [2.05, 4.69) is 15.3 Å². The van der Waals surface area contributed by atoms with Gasteiger partial charge in [0.25, 0.3) is 5.91 Å². The van der Waals surface area contributed by atoms with Crippen molar-refractivity contribution in [2.75, 3.05) is 18.4 Å². The molecule has 1 aromatic carbocycles. The number of aliphatic imine (C=N–C) groups is 1. The zero-order chi connectivity index (χ0) is 18.3. The van der Waals surface area contributed by atoms with E-state index < -0.39 is 11.5 Å². The van der Waals surface area contributed by atoms with E-state index in [1.54, 1.807) is 29.2 Å². The molecule has 1 spiro atoms. The number of benzene rings is 1. The summed E-state index contributed by atoms with van der Waals surface area (Å²) in [6, 6.07) is 8.05. The number of amidine groups is 1. The maximum Gasteiger partial charge on any atom is 0.255 e. The normalized spacial score (nSPS) is 17.4. The van der Waals surface area contributed by atoms with Gasteiger partial charge in [0.15, 0.2) is 0 Å². The monoisotopic (exact) mass is 409 g/mol. The number of fused-ring (bicyclic) bond motifs is 1. The lowest BCUT2D eigenvalue weighted by Gasteiger charge is -2.42. The quantitative estimate of drug-likeness (QED) is 0.708. The van der Waals surface area contributed by atoms with Crippen molar-refractivity contribution in [3.05, 3.63) is 58.6 Å². The van der Waals surface area contributed by atoms with Crippen LogP contribution < -0.4 is 11.1 Å². The van der Waals surface area contributed by atoms with Gasteiger partial charge in [0.2, 0.25) is 0 Å². The molecule has 2 aromatic rings. The number of hydrogen-bond donors (Lipinski definition) is 2. The standard InChI is InChI=1S/C18H17ClFN5O.ClH/c19-14-5-4-11(10-22-14)17(26)25-8-6-18(7-9-25)23-13-3-1-2-12(20)15(13)16(21)24-18;/h1-5,10,23H,6-9H2,(H2,21,24);1H. The Labute approximate surface area is 167 Å². The number of pyridine rings is 1. The van der Waals surface area contributed by atoms with Gasteiger partial charge in [-0.05, 0) is 24.3 Å². The van der Waals surface area contributed by atoms with Crippen molar-refractivity contribution in [1.29, 1.82) is 0 Å². The number of halogens is 3. The molecule has 2 aliphatic rings. The molecule has 0 atom stereocenters. The van der Waals surface area contributed by atoms with E-state index in [0.29, 0.717) is 47.9 Å². The van der Waals surface area contributed by atoms with Gasteiger partial charge in [0.05, 0.1) is 11.1 Å². The average molecular weight is 410 g/mol. The summed E-state index contributed by atoms with van der Waals surface area (Å²) in [4.78, 5) is 22.8. The molecular weight excluding hydrogens is 392 g/mol. The summed E-state index contributed by atoms with van der Waals surface area (Å²) >= 11 is 5.77. The fourth-order valence-electron chi connectivity index (χ4n) is 3.46. The number of nitrogens with zero attached hydrogens (tertiary/aromatic N) is 3. The molecule has 0 bridgehead atoms. The third-order valence-electron chi connectivity index (χ3n) is 4.82. The highest BCUT2D eigenvalue weighted by molar-refractivity contribution is 6.29. The highest BCUT2D eigenvalue weighted by Crippen LogP contribution is 2.35. The zero-order valence-electron chi connectivity index (χ0n) is 14.3. The minimum atomic E-state index is -0.611. The maximum absolute atomic E-state index is 14.0. The van der Waals surface area contributed by atoms with Gasteiger partial charge in [0.1, 0.15) is 22.5 Å². The van der Waals surface area contributed by atoms with Crippen molar-refractivity contribution < 1.29 is 9.18 Å². The molecule has 1 fully saturated rings. The van der Waals surface area contributed by atoms with Crippen molar-refractivity contribution in [3.63, 3.8) is 0 Å². The molecule has 1 amide bonds. The number of anilines is 1. The second kappa shape index (κ2) is 7.32. The first-order chi connectivity index (χ1) is 12.5. The number of amides is 1. The number of likely N-dealkylation sites (tertiary alicyclic amines) is 1. The van der Waals surface area contributed by atoms with Gasteiger partial charge < -0.3 is 16.0 Å². The predicted octanol–water partition coefficient (Wildman–Crippen LogP) is 3.06. The van der Waals surface area contributed by atoms with Crippen LogP contribution in [0.1, 0.15) is 28.8 Å². The third kappa shape index (κ3) is 3.57. The van der Waals surface area contributed by atoms with Crippen LogP contribution in [-0.2, 0) is 0 Å². The molecule has 3 heterocycles. The summed E-state index contributed by atoms with van der Waals surface area (Å²) in [6.45, 7) is 1.02. The average Bonchev–Trinajstić information content (AvgIpc) is 2.62. The van der Waals surface area contributed by atoms with Gasteiger partial charge in [0, 0.05) is 37.8 Å². The van der Waals surface area contributed by atoms with Crippen LogP contribution >= 0.6 is 24.0 Å². The predicted molar refractivity (Wildman–Crippen MR) is 105 cm³/mol. The van der Waals surface area contributed by atoms with Crippen LogP contribution in [0.25, 0.3) is 0 Å². The largest absolute Gasteiger partial charge is 0.383 e. The highest BCUT2D eigenvalue weighted by atomic mass is 35.5. The van der Waals surface area contributed by atoms with Gasteiger partial charge in [-0.15, -0.1) is 12.4 Å². The van der Waals surface area contributed by atoms with E-state index in [4.69, 9.17) is 17.3 Å². The molecule has 0 aliphatic carbocycles. The minimum Gasteiger partial charge on any atom is -0.383 e. The molecule has 1 saturated heterocycles. The van der Waals surface area contributed by atoms with Gasteiger partial charge in [-0.25, -0.2) is 14.4 Å². The van der Waals surface area contributed by atoms with Gasteiger partial charge in [-0.2, -0.15) is 0 Å². The Morgan fingerprint density at radius 2 is 2.00 bits per heavy atom. The fraction of sp³-hybridized carbons (Fsp3) is 0.278. The van der Waals surface area contributed by atoms with E-state index in [-0.39, 0.29) is 24.1 Å². The molecule has 0 radical (unpaired) electrons. The fourth-order valence-corrected chi connectivity index (χ4v) is 3.57. The van der Waals surface area contributed by atoms with Gasteiger partial charge >= 0.3 is 0 Å². The van der Waals surface area contributed by atoms with Crippen molar-refractivity contribution in [2.24, 2.45) is 10.7 Å². The summed E-state index contributed by atoms with van der Waals surface area (Å²) in [5, 5.41) is 3.66. The number of nitrogens with one attached hydrogen (secondary N) is 1. The molecule has 2 aliphatic heterocycles. The topological polar surface area (TPSA) is 83.6 Å². The van der Waals surface area contributed by atoms with Crippen LogP contribution in [0.3, 0.4) is 0 Å². The van der Waals surface area contributed by atoms with Crippen molar-refractivity contribution in [2.45, 2.75) is 18.5 Å². The molecule has 6 nitrogen and oxygen atoms in total. The number of nitrogens with two attached hydrogens (primary N) is 1. The first kappa shape index (κ1) is 19.4. The van der Waals surface area contributed by atoms with Crippen LogP contribution in [0, 0.1) is 5.82 Å². The second-order valence-electron chi connectivity index (χ2n) is 6.48. The Morgan fingerprint density at radius 1 is 1.26 bits per heavy atom. The van der Waals surface area contributed by atoms with Crippen LogP contribution in [0.5, 0.6) is 0 Å². The summed E-state index contributed by atoms with van der Waals surface area (Å²) < 4.78 is 14.0. The SMILES string of the molecule is Cl.NC1=NC2(CCN(C(=O)c3ccc(Cl)nc3)CC2)Nc2cccc(F)c21. The van der Waals surface area contributed by atoms with E-state index in [1.807, 2.05) is 0 Å². The summed E-state index contributed by atoms with van der Waals surface area (Å²) in [7, 11) is 0. The number of aromatic nitrogens is 1. The molecule has 3 N–H and O–H groups in total. The Hall–Kier alpha value is -2.38. The van der Waals surface area contributed by atoms with Gasteiger partial charge in [-0.1, -0.05) is 17.7 Å². The van der Waals surface area contributed by atoms with Crippen LogP contribution in [0.2, 0.25) is 5.15 Å². The summed E-state index contributed by atoms with van der Waals surface area (Å²) in [6.07, 6.45) is 2.63. The highest BCUT2D eigenvalue weighted by Gasteiger charge is 2.39. The lowest BCUT2D eigenvalue weighted by atomic mass is 9.93. The first-order valence-electron chi connectivity index (χ1n) is 8.31. The molecule has 142 valence electrons. The molecule has 1 aromatic heterocycles. The smallest absolute Gasteiger partial charge is 0.255 e. The number of hydrogen-bond acceptors (Lipinski definition) is 5. The summed E-state index contributed by atoms with van der Waals surface area (Å²) in [5.41, 5.74) is 6.85. The number of piperidine rings is 1. The van der Waals surface area contributed by atoms with E-state index in [0.717, 1.165) is 0 Å². The zero-order valence-corrected chi connectivity index (χ0v) is 15.9. The van der Waals surface area contributed by atoms with Crippen LogP contribution in [0.4, 0.5) is 10.1 Å². The molecule has 0 saturated carbocycles. The molecule has 9 heteroatoms. The molecule has 0 unspecified atom stereocenters. The van der Waals surface area contributed by atoms with Crippen LogP contribution in [-0.4, -0.2) is 40.4 Å². The number of carbonyl (C=O) groups excluding carboxylic acids is 1. The van der Waals surface area contributed by atoms with E-state index >= 15 is 0 Å². The van der Waals surface area contributed by atoms with Crippen molar-refractivity contribution >= 4 is 41.4 Å². The molecule has 4 rings (SSSR count). The van der Waals surface area contributed by atoms with Gasteiger partial charge in [-0.3, -0.25) is 4.79 Å². The third-order valence-corrected chi connectivity index (χ3v) is 5.05. The number of rotatable bonds is 1. The van der Waals surface area contributed by atoms with E-state index in [9.17, 15) is 9.18 Å². The lowest BCUT2D eigenvalue weighted by Crippen LogP contribution is -2.52. The second-order valence-corrected chi connectivity index (χ2v) is 6.87. The van der Waals surface area contributed by atoms with Crippen molar-refractivity contribution in [3.8, 4) is 0 Å². The Kier molecular flexibility index (Phi) is 5.26. The molecule has 27 heavy (non-hydrogen) atoms. The van der Waals surface area contributed by atoms with Crippen LogP contribution in [0.15, 0.2) is 41.5 Å². The van der Waals surface area contributed by atoms with Crippen molar-refractivity contribution in [1.82, 2.24) is 9.88 Å². The Bertz CT molecular complexity index is 895. The molecular formula is C18H18Cl2FN5O. The Morgan fingerprint density at radius 3 is 2.67 bits per heavy atom. The first-order valence-corrected chi connectivity index (χ1v) is 8.68. The van der Waals surface area contributed by atoms with E-state index in [1.165, 1.54) is 12.3 Å².